The third-order valence-electron chi connectivity index (χ3n) is 2.86. The van der Waals surface area contributed by atoms with Crippen LogP contribution >= 0.6 is 0 Å². The Morgan fingerprint density at radius 3 is 2.50 bits per heavy atom. The van der Waals surface area contributed by atoms with Crippen molar-refractivity contribution in [3.63, 3.8) is 0 Å². The Morgan fingerprint density at radius 2 is 1.88 bits per heavy atom. The van der Waals surface area contributed by atoms with Crippen LogP contribution in [0.3, 0.4) is 0 Å². The first kappa shape index (κ1) is 11.1. The van der Waals surface area contributed by atoms with E-state index < -0.39 is 0 Å². The number of hydrogen-bond acceptors (Lipinski definition) is 2. The minimum Gasteiger partial charge on any atom is -0.197 e. The third kappa shape index (κ3) is 1.94. The van der Waals surface area contributed by atoms with Crippen molar-refractivity contribution >= 4 is 11.0 Å². The molecule has 1 heterocycles. The lowest BCUT2D eigenvalue weighted by Gasteiger charge is -2.14. The van der Waals surface area contributed by atoms with E-state index in [1.807, 2.05) is 0 Å². The van der Waals surface area contributed by atoms with E-state index in [1.165, 1.54) is 11.1 Å². The van der Waals surface area contributed by atoms with Gasteiger partial charge in [0.1, 0.15) is 11.0 Å². The maximum absolute atomic E-state index is 4.28. The molecule has 0 aliphatic carbocycles. The van der Waals surface area contributed by atoms with Crippen molar-refractivity contribution in [2.75, 3.05) is 0 Å². The number of aromatic amines is 1. The van der Waals surface area contributed by atoms with Gasteiger partial charge in [-0.3, -0.25) is 0 Å². The molecule has 0 unspecified atom stereocenters. The first-order chi connectivity index (χ1) is 7.59. The highest BCUT2D eigenvalue weighted by molar-refractivity contribution is 5.79. The number of rotatable bonds is 3. The largest absolute Gasteiger partial charge is 0.197 e. The van der Waals surface area contributed by atoms with E-state index in [0.29, 0.717) is 11.8 Å². The number of hydrogen-bond donors (Lipinski definition) is 1. The zero-order chi connectivity index (χ0) is 11.7. The molecule has 0 radical (unpaired) electrons. The maximum Gasteiger partial charge on any atom is 0.116 e. The van der Waals surface area contributed by atoms with Crippen LogP contribution in [-0.4, -0.2) is 15.4 Å². The second kappa shape index (κ2) is 4.24. The fraction of sp³-hybridized carbons (Fsp3) is 0.538. The monoisotopic (exact) mass is 217 g/mol. The van der Waals surface area contributed by atoms with Crippen LogP contribution in [-0.2, 0) is 6.42 Å². The molecule has 1 aromatic heterocycles. The van der Waals surface area contributed by atoms with Gasteiger partial charge in [-0.25, -0.2) is 0 Å². The van der Waals surface area contributed by atoms with E-state index in [9.17, 15) is 0 Å². The van der Waals surface area contributed by atoms with Gasteiger partial charge >= 0.3 is 0 Å². The molecule has 1 N–H and O–H groups in total. The second-order valence-electron chi connectivity index (χ2n) is 5.08. The molecule has 0 bridgehead atoms. The number of fused-ring (bicyclic) bond motifs is 1. The summed E-state index contributed by atoms with van der Waals surface area (Å²) in [5, 5.41) is 11.1. The van der Waals surface area contributed by atoms with Crippen LogP contribution in [0, 0.1) is 5.92 Å². The summed E-state index contributed by atoms with van der Waals surface area (Å²) in [7, 11) is 0. The highest BCUT2D eigenvalue weighted by atomic mass is 15.3. The van der Waals surface area contributed by atoms with Crippen LogP contribution in [0.4, 0.5) is 0 Å². The smallest absolute Gasteiger partial charge is 0.116 e. The lowest BCUT2D eigenvalue weighted by molar-refractivity contribution is 0.641. The van der Waals surface area contributed by atoms with E-state index in [0.717, 1.165) is 17.5 Å². The van der Waals surface area contributed by atoms with Gasteiger partial charge in [0, 0.05) is 0 Å². The summed E-state index contributed by atoms with van der Waals surface area (Å²) in [6, 6.07) is 4.24. The molecular weight excluding hydrogens is 198 g/mol. The maximum atomic E-state index is 4.28. The molecule has 0 atom stereocenters. The molecule has 2 aromatic rings. The average molecular weight is 217 g/mol. The van der Waals surface area contributed by atoms with E-state index >= 15 is 0 Å². The van der Waals surface area contributed by atoms with Gasteiger partial charge in [-0.15, -0.1) is 0 Å². The fourth-order valence-corrected chi connectivity index (χ4v) is 2.15. The van der Waals surface area contributed by atoms with Gasteiger partial charge in [0.15, 0.2) is 0 Å². The van der Waals surface area contributed by atoms with Gasteiger partial charge in [0.2, 0.25) is 0 Å². The van der Waals surface area contributed by atoms with Gasteiger partial charge in [-0.2, -0.15) is 15.4 Å². The quantitative estimate of drug-likeness (QED) is 0.857. The minimum absolute atomic E-state index is 0.537. The van der Waals surface area contributed by atoms with Crippen LogP contribution in [0.15, 0.2) is 12.1 Å². The molecule has 86 valence electrons. The number of aromatic nitrogens is 3. The van der Waals surface area contributed by atoms with Gasteiger partial charge in [0.25, 0.3) is 0 Å². The van der Waals surface area contributed by atoms with Crippen molar-refractivity contribution in [3.8, 4) is 0 Å². The third-order valence-corrected chi connectivity index (χ3v) is 2.86. The van der Waals surface area contributed by atoms with E-state index in [4.69, 9.17) is 0 Å². The molecule has 0 spiro atoms. The Balaban J connectivity index is 2.60. The van der Waals surface area contributed by atoms with Crippen molar-refractivity contribution in [1.29, 1.82) is 0 Å². The van der Waals surface area contributed by atoms with Gasteiger partial charge in [-0.05, 0) is 35.4 Å². The van der Waals surface area contributed by atoms with Crippen molar-refractivity contribution in [2.24, 2.45) is 5.92 Å². The molecule has 0 amide bonds. The van der Waals surface area contributed by atoms with E-state index in [1.54, 1.807) is 0 Å². The normalized spacial score (nSPS) is 11.9. The number of nitrogens with one attached hydrogen (secondary N) is 1. The Kier molecular flexibility index (Phi) is 2.95. The summed E-state index contributed by atoms with van der Waals surface area (Å²) < 4.78 is 0. The van der Waals surface area contributed by atoms with Crippen LogP contribution in [0.1, 0.15) is 44.7 Å². The SMILES string of the molecule is CC(C)Cc1c(C(C)C)ccc2n[nH]nc12. The van der Waals surface area contributed by atoms with Crippen molar-refractivity contribution in [3.05, 3.63) is 23.3 Å². The summed E-state index contributed by atoms with van der Waals surface area (Å²) in [5.74, 6) is 1.18. The first-order valence-electron chi connectivity index (χ1n) is 5.91. The molecule has 0 aliphatic rings. The first-order valence-corrected chi connectivity index (χ1v) is 5.91. The Labute approximate surface area is 96.3 Å². The van der Waals surface area contributed by atoms with Crippen LogP contribution in [0.25, 0.3) is 11.0 Å². The molecule has 2 rings (SSSR count). The number of nitrogens with zero attached hydrogens (tertiary/aromatic N) is 2. The molecule has 0 fully saturated rings. The molecule has 16 heavy (non-hydrogen) atoms. The Hall–Kier alpha value is -1.38. The number of H-pyrrole nitrogens is 1. The highest BCUT2D eigenvalue weighted by Crippen LogP contribution is 2.27. The molecule has 3 heteroatoms. The summed E-state index contributed by atoms with van der Waals surface area (Å²) in [6.45, 7) is 8.93. The molecular formula is C13H19N3. The molecule has 3 nitrogen and oxygen atoms in total. The lowest BCUT2D eigenvalue weighted by Crippen LogP contribution is -2.02. The molecule has 0 saturated heterocycles. The lowest BCUT2D eigenvalue weighted by atomic mass is 9.91. The van der Waals surface area contributed by atoms with Crippen LogP contribution in [0.5, 0.6) is 0 Å². The predicted molar refractivity (Wildman–Crippen MR) is 66.5 cm³/mol. The van der Waals surface area contributed by atoms with Crippen molar-refractivity contribution < 1.29 is 0 Å². The Morgan fingerprint density at radius 1 is 1.12 bits per heavy atom. The van der Waals surface area contributed by atoms with E-state index in [-0.39, 0.29) is 0 Å². The highest BCUT2D eigenvalue weighted by Gasteiger charge is 2.14. The average Bonchev–Trinajstić information content (AvgIpc) is 2.64. The zero-order valence-electron chi connectivity index (χ0n) is 10.4. The van der Waals surface area contributed by atoms with Crippen LogP contribution in [0.2, 0.25) is 0 Å². The van der Waals surface area contributed by atoms with Crippen LogP contribution < -0.4 is 0 Å². The summed E-state index contributed by atoms with van der Waals surface area (Å²) in [4.78, 5) is 0. The summed E-state index contributed by atoms with van der Waals surface area (Å²) >= 11 is 0. The standard InChI is InChI=1S/C13H19N3/c1-8(2)7-11-10(9(3)4)5-6-12-13(11)15-16-14-12/h5-6,8-9H,7H2,1-4H3,(H,14,15,16). The molecule has 1 aromatic carbocycles. The zero-order valence-corrected chi connectivity index (χ0v) is 10.4. The minimum atomic E-state index is 0.537. The van der Waals surface area contributed by atoms with Crippen molar-refractivity contribution in [1.82, 2.24) is 15.4 Å². The van der Waals surface area contributed by atoms with Gasteiger partial charge in [0.05, 0.1) is 0 Å². The predicted octanol–water partition coefficient (Wildman–Crippen LogP) is 3.28. The Bertz CT molecular complexity index is 483. The van der Waals surface area contributed by atoms with Gasteiger partial charge < -0.3 is 0 Å². The molecule has 0 aliphatic heterocycles. The summed E-state index contributed by atoms with van der Waals surface area (Å²) in [6.07, 6.45) is 1.07. The second-order valence-corrected chi connectivity index (χ2v) is 5.08. The van der Waals surface area contributed by atoms with E-state index in [2.05, 4.69) is 55.2 Å². The topological polar surface area (TPSA) is 41.6 Å². The fourth-order valence-electron chi connectivity index (χ4n) is 2.15. The van der Waals surface area contributed by atoms with Gasteiger partial charge in [-0.1, -0.05) is 33.8 Å². The number of benzene rings is 1. The van der Waals surface area contributed by atoms with Crippen molar-refractivity contribution in [2.45, 2.75) is 40.0 Å². The summed E-state index contributed by atoms with van der Waals surface area (Å²) in [5.41, 5.74) is 4.77. The molecule has 0 saturated carbocycles.